The molecule has 0 aliphatic heterocycles. The number of nitrogens with one attached hydrogen (secondary N) is 2. The fourth-order valence-electron chi connectivity index (χ4n) is 9.21. The van der Waals surface area contributed by atoms with Gasteiger partial charge in [0.1, 0.15) is 12.6 Å². The Labute approximate surface area is 575 Å². The number of pyridine rings is 4. The zero-order valence-electron chi connectivity index (χ0n) is 52.6. The van der Waals surface area contributed by atoms with Crippen LogP contribution in [-0.4, -0.2) is 83.3 Å². The van der Waals surface area contributed by atoms with Crippen LogP contribution in [0.4, 0.5) is 11.4 Å². The fraction of sp³-hybridized carbons (Fsp3) is 0.143. The van der Waals surface area contributed by atoms with E-state index in [9.17, 15) is 9.59 Å². The third kappa shape index (κ3) is 26.6. The van der Waals surface area contributed by atoms with Gasteiger partial charge >= 0.3 is 34.1 Å². The van der Waals surface area contributed by atoms with Gasteiger partial charge in [0.25, 0.3) is 0 Å². The summed E-state index contributed by atoms with van der Waals surface area (Å²) in [7, 11) is -5.10. The van der Waals surface area contributed by atoms with E-state index in [0.717, 1.165) is 91.8 Å². The van der Waals surface area contributed by atoms with Crippen molar-refractivity contribution in [2.24, 2.45) is 0 Å². The number of fused-ring (bicyclic) bond motifs is 7. The number of rotatable bonds is 12. The number of carbonyl (C=O) groups excluding carboxylic acids is 2. The Morgan fingerprint density at radius 2 is 0.543 bits per heavy atom. The molecule has 0 aliphatic rings. The normalized spacial score (nSPS) is 10.5. The maximum Gasteiger partial charge on any atom is 1.00 e. The number of aromatic nitrogens is 4. The van der Waals surface area contributed by atoms with E-state index in [1.165, 1.54) is 53.2 Å². The topological polar surface area (TPSA) is 301 Å². The molecule has 0 fully saturated rings. The molecule has 0 atom stereocenters. The molecule has 24 heteroatoms. The largest absolute Gasteiger partial charge is 1.00 e. The van der Waals surface area contributed by atoms with Gasteiger partial charge in [-0.1, -0.05) is 146 Å². The van der Waals surface area contributed by atoms with Crippen molar-refractivity contribution in [3.63, 3.8) is 0 Å². The zero-order valence-corrected chi connectivity index (χ0v) is 58.0. The molecule has 0 bridgehead atoms. The molecule has 12 rings (SSSR count). The van der Waals surface area contributed by atoms with Crippen molar-refractivity contribution >= 4 is 116 Å². The molecular weight excluding hydrogens is 1370 g/mol. The summed E-state index contributed by atoms with van der Waals surface area (Å²) in [6, 6.07) is 81.9. The van der Waals surface area contributed by atoms with Crippen LogP contribution in [0.15, 0.2) is 231 Å². The second-order valence-electron chi connectivity index (χ2n) is 21.0. The molecule has 2 amide bonds. The van der Waals surface area contributed by atoms with Crippen molar-refractivity contribution in [1.29, 1.82) is 0 Å². The van der Waals surface area contributed by atoms with E-state index in [0.29, 0.717) is 0 Å². The van der Waals surface area contributed by atoms with Gasteiger partial charge in [-0.05, 0) is 113 Å². The first kappa shape index (κ1) is 78.8. The SMILES string of the molecule is CN(C)C=O.CN(C)C=O.Cc1ccc2ccc3ccc(C)nc3c2n1.Cc1ccc2ccc3ccc(C)nc3c2n1.[Cu+].[Cu+].[O-][Cl+3]([O-])([O-])[O-].[O-][Cl+3]([O-])([O-])[O-].c1ccc([PH+](CNc2cccc3c(NC[PH+](c4ccccc4)c4ccccc4)cccc23)c2ccccc2)cc1. The fourth-order valence-corrected chi connectivity index (χ4v) is 13.8. The second-order valence-corrected chi connectivity index (χ2v) is 27.4. The van der Waals surface area contributed by atoms with Crippen LogP contribution in [0, 0.1) is 48.2 Å². The summed E-state index contributed by atoms with van der Waals surface area (Å²) in [6.45, 7) is 8.03. The third-order valence-electron chi connectivity index (χ3n) is 13.3. The van der Waals surface area contributed by atoms with E-state index >= 15 is 0 Å². The Bertz CT molecular complexity index is 3790. The average Bonchev–Trinajstić information content (AvgIpc) is 0.808. The quantitative estimate of drug-likeness (QED) is 0.0756. The van der Waals surface area contributed by atoms with E-state index in [1.807, 2.05) is 52.0 Å². The summed E-state index contributed by atoms with van der Waals surface area (Å²) in [5, 5.41) is 20.5. The minimum atomic E-state index is -4.94. The summed E-state index contributed by atoms with van der Waals surface area (Å²) in [4.78, 5) is 40.1. The molecule has 4 heterocycles. The predicted molar refractivity (Wildman–Crippen MR) is 354 cm³/mol. The molecule has 0 radical (unpaired) electrons. The van der Waals surface area contributed by atoms with Crippen LogP contribution in [0.25, 0.3) is 54.4 Å². The number of benzene rings is 8. The molecule has 94 heavy (non-hydrogen) atoms. The summed E-state index contributed by atoms with van der Waals surface area (Å²) in [5.74, 6) is 0. The van der Waals surface area contributed by atoms with E-state index in [-0.39, 0.29) is 34.1 Å². The minimum absolute atomic E-state index is 0. The van der Waals surface area contributed by atoms with Crippen LogP contribution in [-0.2, 0) is 43.7 Å². The zero-order chi connectivity index (χ0) is 66.8. The van der Waals surface area contributed by atoms with Crippen LogP contribution in [0.3, 0.4) is 0 Å². The smallest absolute Gasteiger partial charge is 0.352 e. The summed E-state index contributed by atoms with van der Waals surface area (Å²) in [6.07, 6.45) is 3.34. The molecule has 496 valence electrons. The standard InChI is InChI=1S/C36H32N2P2.2C14H12N2.2C3H7NO.2ClHO4.2Cu/c1-5-15-29(16-6-1)39(30-17-7-2-8-18-30)27-37-35-25-13-24-34-33(35)23-14-26-36(34)38-28-40(31-19-9-3-10-20-31)32-21-11-4-12-22-32;2*1-9-3-5-11-7-8-12-6-4-10(2)16-14(12)13(11)15-9;2*1-4(2)3-5;2*2-1(3,4)5;;/h1-26,37-38H,27-28H2;2*3-8H,1-2H3;2*3H,1-2H3;2*(H,2,3,4,5);;/q;;;;;;;2*+1. The van der Waals surface area contributed by atoms with E-state index in [2.05, 4.69) is 237 Å². The second kappa shape index (κ2) is 39.3. The molecular formula is C70H72Cl2Cu2N8O10P2+2. The molecule has 8 aromatic carbocycles. The Morgan fingerprint density at radius 3 is 0.745 bits per heavy atom. The molecule has 4 aromatic heterocycles. The number of hydrogen-bond donors (Lipinski definition) is 2. The van der Waals surface area contributed by atoms with Gasteiger partial charge in [0.2, 0.25) is 12.8 Å². The van der Waals surface area contributed by atoms with Gasteiger partial charge < -0.3 is 20.4 Å². The van der Waals surface area contributed by atoms with Gasteiger partial charge in [-0.3, -0.25) is 29.5 Å². The number of anilines is 2. The van der Waals surface area contributed by atoms with Crippen molar-refractivity contribution in [3.8, 4) is 0 Å². The van der Waals surface area contributed by atoms with E-state index in [1.54, 1.807) is 28.2 Å². The minimum Gasteiger partial charge on any atom is -0.352 e. The number of halogens is 2. The van der Waals surface area contributed by atoms with Crippen LogP contribution >= 0.6 is 15.8 Å². The van der Waals surface area contributed by atoms with Crippen LogP contribution < -0.4 is 69.1 Å². The Kier molecular flexibility index (Phi) is 32.9. The number of carbonyl (C=O) groups is 2. The summed E-state index contributed by atoms with van der Waals surface area (Å²) in [5.41, 5.74) is 10.5. The number of hydrogen-bond acceptors (Lipinski definition) is 16. The molecule has 0 saturated carbocycles. The van der Waals surface area contributed by atoms with Crippen molar-refractivity contribution in [2.75, 3.05) is 51.4 Å². The van der Waals surface area contributed by atoms with Crippen molar-refractivity contribution < 1.29 is 101 Å². The summed E-state index contributed by atoms with van der Waals surface area (Å²) < 4.78 is 67.9. The predicted octanol–water partition coefficient (Wildman–Crippen LogP) is 4.00. The van der Waals surface area contributed by atoms with Crippen molar-refractivity contribution in [2.45, 2.75) is 27.7 Å². The van der Waals surface area contributed by atoms with Crippen LogP contribution in [0.5, 0.6) is 0 Å². The Balaban J connectivity index is 0.000000286. The third-order valence-corrected chi connectivity index (χ3v) is 18.5. The number of nitrogens with zero attached hydrogens (tertiary/aromatic N) is 6. The summed E-state index contributed by atoms with van der Waals surface area (Å²) >= 11 is 0. The molecule has 2 N–H and O–H groups in total. The van der Waals surface area contributed by atoms with E-state index in [4.69, 9.17) is 37.3 Å². The molecule has 12 aromatic rings. The molecule has 0 unspecified atom stereocenters. The Hall–Kier alpha value is -7.64. The molecule has 0 saturated heterocycles. The average molecular weight is 1450 g/mol. The van der Waals surface area contributed by atoms with Crippen LogP contribution in [0.2, 0.25) is 0 Å². The maximum absolute atomic E-state index is 9.43. The van der Waals surface area contributed by atoms with Gasteiger partial charge in [0.05, 0.1) is 59.1 Å². The number of aryl methyl sites for hydroxylation is 4. The first-order valence-electron chi connectivity index (χ1n) is 28.6. The maximum atomic E-state index is 9.43. The first-order chi connectivity index (χ1) is 43.9. The molecule has 0 spiro atoms. The van der Waals surface area contributed by atoms with Gasteiger partial charge in [-0.2, -0.15) is 0 Å². The first-order valence-corrected chi connectivity index (χ1v) is 34.4. The monoisotopic (exact) mass is 1440 g/mol. The van der Waals surface area contributed by atoms with Gasteiger partial charge in [0, 0.05) is 94.7 Å². The van der Waals surface area contributed by atoms with E-state index < -0.39 is 36.3 Å². The van der Waals surface area contributed by atoms with Gasteiger partial charge in [-0.25, -0.2) is 37.3 Å². The van der Waals surface area contributed by atoms with Crippen LogP contribution in [0.1, 0.15) is 22.8 Å². The van der Waals surface area contributed by atoms with Gasteiger partial charge in [-0.15, -0.1) is 20.5 Å². The number of amides is 2. The molecule has 18 nitrogen and oxygen atoms in total. The van der Waals surface area contributed by atoms with Gasteiger partial charge in [0.15, 0.2) is 0 Å². The molecule has 0 aliphatic carbocycles. The van der Waals surface area contributed by atoms with Crippen molar-refractivity contribution in [3.05, 3.63) is 253 Å². The Morgan fingerprint density at radius 1 is 0.340 bits per heavy atom. The van der Waals surface area contributed by atoms with Crippen molar-refractivity contribution in [1.82, 2.24) is 29.7 Å².